The van der Waals surface area contributed by atoms with Crippen molar-refractivity contribution in [3.63, 3.8) is 0 Å². The van der Waals surface area contributed by atoms with Crippen molar-refractivity contribution < 1.29 is 4.58 Å². The molecule has 3 heteroatoms. The van der Waals surface area contributed by atoms with Gasteiger partial charge in [-0.15, -0.1) is 0 Å². The Morgan fingerprint density at radius 3 is 2.60 bits per heavy atom. The summed E-state index contributed by atoms with van der Waals surface area (Å²) in [5.74, 6) is 0.797. The molecule has 0 aliphatic heterocycles. The molecule has 1 atom stereocenters. The first kappa shape index (κ1) is 8.96. The molecule has 0 fully saturated rings. The third-order valence-corrected chi connectivity index (χ3v) is 1.37. The summed E-state index contributed by atoms with van der Waals surface area (Å²) < 4.78 is 1.87. The van der Waals surface area contributed by atoms with Crippen molar-refractivity contribution in [1.82, 2.24) is 0 Å². The highest BCUT2D eigenvalue weighted by Gasteiger charge is 2.03. The fourth-order valence-corrected chi connectivity index (χ4v) is 0.596. The summed E-state index contributed by atoms with van der Waals surface area (Å²) in [6, 6.07) is 2.14. The van der Waals surface area contributed by atoms with E-state index in [2.05, 4.69) is 6.07 Å². The van der Waals surface area contributed by atoms with E-state index in [1.54, 1.807) is 0 Å². The van der Waals surface area contributed by atoms with Gasteiger partial charge < -0.3 is 0 Å². The lowest BCUT2D eigenvalue weighted by Crippen LogP contribution is -2.25. The quantitative estimate of drug-likeness (QED) is 0.337. The zero-order valence-electron chi connectivity index (χ0n) is 6.76. The van der Waals surface area contributed by atoms with E-state index in [-0.39, 0.29) is 5.92 Å². The number of hydrogen-bond donors (Lipinski definition) is 1. The van der Waals surface area contributed by atoms with Gasteiger partial charge in [-0.2, -0.15) is 5.26 Å². The molecule has 0 spiro atoms. The molecular formula is C7H14N3+. The normalized spacial score (nSPS) is 15.4. The molecule has 1 unspecified atom stereocenters. The van der Waals surface area contributed by atoms with E-state index < -0.39 is 0 Å². The molecule has 3 nitrogen and oxygen atoms in total. The Balaban J connectivity index is 3.95. The summed E-state index contributed by atoms with van der Waals surface area (Å²) in [4.78, 5) is 0. The highest BCUT2D eigenvalue weighted by atomic mass is 15.0. The van der Waals surface area contributed by atoms with Crippen LogP contribution in [0.1, 0.15) is 13.8 Å². The van der Waals surface area contributed by atoms with E-state index in [0.717, 1.165) is 5.84 Å². The largest absolute Gasteiger partial charge is 0.291 e. The van der Waals surface area contributed by atoms with E-state index in [1.165, 1.54) is 0 Å². The van der Waals surface area contributed by atoms with Gasteiger partial charge in [0.25, 0.3) is 0 Å². The first-order chi connectivity index (χ1) is 4.57. The average Bonchev–Trinajstić information content (AvgIpc) is 1.87. The molecule has 10 heavy (non-hydrogen) atoms. The van der Waals surface area contributed by atoms with Gasteiger partial charge in [-0.3, -0.25) is 10.3 Å². The number of rotatable bonds is 2. The van der Waals surface area contributed by atoms with Crippen LogP contribution < -0.4 is 5.73 Å². The monoisotopic (exact) mass is 140 g/mol. The molecule has 0 radical (unpaired) electrons. The molecule has 0 saturated carbocycles. The lowest BCUT2D eigenvalue weighted by Gasteiger charge is -2.02. The maximum Gasteiger partial charge on any atom is 0.239 e. The van der Waals surface area contributed by atoms with E-state index in [1.807, 2.05) is 25.5 Å². The van der Waals surface area contributed by atoms with Crippen molar-refractivity contribution in [3.8, 4) is 6.07 Å². The van der Waals surface area contributed by atoms with Crippen LogP contribution in [-0.4, -0.2) is 24.0 Å². The zero-order chi connectivity index (χ0) is 8.15. The van der Waals surface area contributed by atoms with Crippen LogP contribution in [0.4, 0.5) is 0 Å². The lowest BCUT2D eigenvalue weighted by atomic mass is 10.2. The molecule has 0 amide bonds. The minimum atomic E-state index is 0.0449. The molecule has 2 N–H and O–H groups in total. The Kier molecular flexibility index (Phi) is 3.48. The van der Waals surface area contributed by atoms with Gasteiger partial charge in [0.05, 0.1) is 19.0 Å². The molecule has 0 heterocycles. The van der Waals surface area contributed by atoms with Crippen molar-refractivity contribution in [2.75, 3.05) is 13.6 Å². The van der Waals surface area contributed by atoms with Crippen LogP contribution >= 0.6 is 0 Å². The Hall–Kier alpha value is -1.04. The molecular weight excluding hydrogens is 126 g/mol. The van der Waals surface area contributed by atoms with Gasteiger partial charge in [0.2, 0.25) is 5.84 Å². The van der Waals surface area contributed by atoms with Crippen LogP contribution in [0.25, 0.3) is 0 Å². The predicted molar refractivity (Wildman–Crippen MR) is 40.7 cm³/mol. The number of nitrogens with zero attached hydrogens (tertiary/aromatic N) is 2. The second kappa shape index (κ2) is 3.89. The number of hydrogen-bond acceptors (Lipinski definition) is 1. The number of nitriles is 1. The molecule has 0 rings (SSSR count). The van der Waals surface area contributed by atoms with Crippen molar-refractivity contribution >= 4 is 5.84 Å². The van der Waals surface area contributed by atoms with Gasteiger partial charge in [0.15, 0.2) is 0 Å². The first-order valence-electron chi connectivity index (χ1n) is 3.27. The van der Waals surface area contributed by atoms with Crippen molar-refractivity contribution in [1.29, 1.82) is 5.26 Å². The van der Waals surface area contributed by atoms with Crippen LogP contribution in [0.2, 0.25) is 0 Å². The zero-order valence-corrected chi connectivity index (χ0v) is 6.76. The van der Waals surface area contributed by atoms with Gasteiger partial charge in [-0.05, 0) is 6.92 Å². The minimum absolute atomic E-state index is 0.0449. The van der Waals surface area contributed by atoms with E-state index in [4.69, 9.17) is 11.0 Å². The molecule has 0 aliphatic carbocycles. The van der Waals surface area contributed by atoms with Gasteiger partial charge in [0, 0.05) is 6.92 Å². The minimum Gasteiger partial charge on any atom is -0.291 e. The van der Waals surface area contributed by atoms with Gasteiger partial charge in [-0.25, -0.2) is 0 Å². The van der Waals surface area contributed by atoms with Crippen LogP contribution in [-0.2, 0) is 0 Å². The molecule has 0 aromatic rings. The Labute approximate surface area is 61.8 Å². The van der Waals surface area contributed by atoms with Crippen LogP contribution in [0.3, 0.4) is 0 Å². The second-order valence-electron chi connectivity index (χ2n) is 2.55. The van der Waals surface area contributed by atoms with Crippen LogP contribution in [0.5, 0.6) is 0 Å². The number of amidine groups is 1. The topological polar surface area (TPSA) is 52.8 Å². The lowest BCUT2D eigenvalue weighted by molar-refractivity contribution is -0.503. The molecule has 0 aromatic heterocycles. The van der Waals surface area contributed by atoms with E-state index >= 15 is 0 Å². The van der Waals surface area contributed by atoms with Crippen molar-refractivity contribution in [2.24, 2.45) is 11.7 Å². The standard InChI is InChI=1S/C7H13N3/c1-6(4-8)5-10(3)7(2)9/h6,9H,5H2,1-3H3/p+1. The first-order valence-corrected chi connectivity index (χ1v) is 3.27. The summed E-state index contributed by atoms with van der Waals surface area (Å²) in [5, 5.41) is 8.44. The Bertz CT molecular complexity index is 172. The smallest absolute Gasteiger partial charge is 0.239 e. The third kappa shape index (κ3) is 3.08. The summed E-state index contributed by atoms with van der Waals surface area (Å²) in [6.07, 6.45) is 0. The number of nitrogens with two attached hydrogens (primary N) is 1. The van der Waals surface area contributed by atoms with Gasteiger partial charge >= 0.3 is 0 Å². The van der Waals surface area contributed by atoms with E-state index in [0.29, 0.717) is 6.54 Å². The van der Waals surface area contributed by atoms with Crippen molar-refractivity contribution in [3.05, 3.63) is 0 Å². The maximum atomic E-state index is 8.44. The molecule has 56 valence electrons. The average molecular weight is 140 g/mol. The fraction of sp³-hybridized carbons (Fsp3) is 0.714. The fourth-order valence-electron chi connectivity index (χ4n) is 0.596. The van der Waals surface area contributed by atoms with Gasteiger partial charge in [0.1, 0.15) is 6.54 Å². The van der Waals surface area contributed by atoms with Crippen LogP contribution in [0.15, 0.2) is 0 Å². The molecule has 0 aromatic carbocycles. The summed E-state index contributed by atoms with van der Waals surface area (Å²) >= 11 is 0. The summed E-state index contributed by atoms with van der Waals surface area (Å²) in [5.41, 5.74) is 5.47. The maximum absolute atomic E-state index is 8.44. The summed E-state index contributed by atoms with van der Waals surface area (Å²) in [6.45, 7) is 4.41. The highest BCUT2D eigenvalue weighted by molar-refractivity contribution is 5.71. The summed E-state index contributed by atoms with van der Waals surface area (Å²) in [7, 11) is 1.88. The molecule has 0 aliphatic rings. The second-order valence-corrected chi connectivity index (χ2v) is 2.55. The van der Waals surface area contributed by atoms with E-state index in [9.17, 15) is 0 Å². The predicted octanol–water partition coefficient (Wildman–Crippen LogP) is 0.165. The molecule has 0 bridgehead atoms. The Morgan fingerprint density at radius 2 is 2.30 bits per heavy atom. The van der Waals surface area contributed by atoms with Crippen molar-refractivity contribution in [2.45, 2.75) is 13.8 Å². The highest BCUT2D eigenvalue weighted by Crippen LogP contribution is 1.90. The Morgan fingerprint density at radius 1 is 1.80 bits per heavy atom. The molecule has 0 saturated heterocycles. The SMILES string of the molecule is CC(N)=[N+](C)CC(C)C#N. The van der Waals surface area contributed by atoms with Crippen LogP contribution in [0, 0.1) is 17.2 Å². The van der Waals surface area contributed by atoms with Gasteiger partial charge in [-0.1, -0.05) is 0 Å². The third-order valence-electron chi connectivity index (χ3n) is 1.37.